The maximum absolute atomic E-state index is 12.9. The number of nitrogens with two attached hydrogens (primary N) is 1. The number of nitrogens with zero attached hydrogens (tertiary/aromatic N) is 3. The molecule has 23 heavy (non-hydrogen) atoms. The van der Waals surface area contributed by atoms with Crippen LogP contribution in [-0.4, -0.2) is 41.4 Å². The number of hydrogen-bond donors (Lipinski definition) is 1. The first-order valence-electron chi connectivity index (χ1n) is 8.37. The van der Waals surface area contributed by atoms with E-state index in [1.807, 2.05) is 4.57 Å². The zero-order valence-electron chi connectivity index (χ0n) is 13.2. The first-order chi connectivity index (χ1) is 10.6. The van der Waals surface area contributed by atoms with E-state index in [1.165, 1.54) is 0 Å². The van der Waals surface area contributed by atoms with Crippen molar-refractivity contribution >= 4 is 22.4 Å². The van der Waals surface area contributed by atoms with Gasteiger partial charge in [-0.25, -0.2) is 13.4 Å². The van der Waals surface area contributed by atoms with Crippen LogP contribution in [0.15, 0.2) is 11.2 Å². The number of rotatable bonds is 2. The van der Waals surface area contributed by atoms with Crippen molar-refractivity contribution < 1.29 is 8.42 Å². The van der Waals surface area contributed by atoms with Crippen molar-refractivity contribution in [1.82, 2.24) is 13.9 Å². The van der Waals surface area contributed by atoms with Gasteiger partial charge in [-0.2, -0.15) is 4.31 Å². The van der Waals surface area contributed by atoms with Gasteiger partial charge in [-0.1, -0.05) is 6.42 Å². The third-order valence-electron chi connectivity index (χ3n) is 5.61. The molecule has 3 unspecified atom stereocenters. The number of sulfonamides is 1. The molecule has 1 saturated carbocycles. The Balaban J connectivity index is 0.00000156. The Kier molecular flexibility index (Phi) is 4.75. The topological polar surface area (TPSA) is 81.2 Å². The smallest absolute Gasteiger partial charge is 0.262 e. The van der Waals surface area contributed by atoms with Crippen molar-refractivity contribution in [3.63, 3.8) is 0 Å². The summed E-state index contributed by atoms with van der Waals surface area (Å²) in [6, 6.07) is 0.147. The average molecular weight is 361 g/mol. The molecule has 1 aromatic rings. The summed E-state index contributed by atoms with van der Waals surface area (Å²) in [5.41, 5.74) is 6.20. The molecule has 2 aliphatic heterocycles. The van der Waals surface area contributed by atoms with Crippen LogP contribution < -0.4 is 5.73 Å². The lowest BCUT2D eigenvalue weighted by atomic mass is 9.78. The second kappa shape index (κ2) is 6.35. The van der Waals surface area contributed by atoms with Crippen molar-refractivity contribution in [3.8, 4) is 0 Å². The highest BCUT2D eigenvalue weighted by molar-refractivity contribution is 7.89. The van der Waals surface area contributed by atoms with E-state index >= 15 is 0 Å². The quantitative estimate of drug-likeness (QED) is 0.864. The van der Waals surface area contributed by atoms with Gasteiger partial charge in [0.05, 0.1) is 0 Å². The second-order valence-corrected chi connectivity index (χ2v) is 8.87. The molecule has 0 amide bonds. The number of aromatic nitrogens is 2. The maximum atomic E-state index is 12.9. The standard InChI is InChI=1S/C15H24N4O2S.ClH/c16-13-5-3-4-11-8-19(9-12(11)13)22(20,21)15-10-18-7-2-1-6-14(18)17-15;/h10-13H,1-9,16H2;1H. The van der Waals surface area contributed by atoms with E-state index < -0.39 is 10.0 Å². The number of imidazole rings is 1. The number of aryl methyl sites for hydroxylation is 2. The molecule has 130 valence electrons. The SMILES string of the molecule is Cl.NC1CCCC2CN(S(=O)(=O)c3cn4c(n3)CCCC4)CC12. The van der Waals surface area contributed by atoms with Crippen LogP contribution in [-0.2, 0) is 23.0 Å². The summed E-state index contributed by atoms with van der Waals surface area (Å²) in [5, 5.41) is 0.233. The van der Waals surface area contributed by atoms with Crippen LogP contribution in [0.25, 0.3) is 0 Å². The minimum Gasteiger partial charge on any atom is -0.333 e. The van der Waals surface area contributed by atoms with Crippen LogP contribution >= 0.6 is 12.4 Å². The lowest BCUT2D eigenvalue weighted by molar-refractivity contribution is 0.260. The van der Waals surface area contributed by atoms with Gasteiger partial charge in [-0.3, -0.25) is 0 Å². The zero-order valence-corrected chi connectivity index (χ0v) is 14.9. The van der Waals surface area contributed by atoms with Crippen molar-refractivity contribution in [2.24, 2.45) is 17.6 Å². The molecule has 3 heterocycles. The Bertz CT molecular complexity index is 652. The Morgan fingerprint density at radius 2 is 2.00 bits per heavy atom. The van der Waals surface area contributed by atoms with Crippen molar-refractivity contribution in [3.05, 3.63) is 12.0 Å². The molecular weight excluding hydrogens is 336 g/mol. The minimum absolute atomic E-state index is 0. The fourth-order valence-electron chi connectivity index (χ4n) is 4.32. The molecule has 2 N–H and O–H groups in total. The van der Waals surface area contributed by atoms with E-state index in [1.54, 1.807) is 10.5 Å². The predicted octanol–water partition coefficient (Wildman–Crippen LogP) is 1.39. The second-order valence-electron chi connectivity index (χ2n) is 6.99. The highest BCUT2D eigenvalue weighted by Crippen LogP contribution is 2.37. The van der Waals surface area contributed by atoms with Gasteiger partial charge in [-0.15, -0.1) is 12.4 Å². The van der Waals surface area contributed by atoms with Gasteiger partial charge < -0.3 is 10.3 Å². The van der Waals surface area contributed by atoms with Crippen molar-refractivity contribution in [2.45, 2.75) is 56.1 Å². The van der Waals surface area contributed by atoms with Gasteiger partial charge in [0.2, 0.25) is 0 Å². The van der Waals surface area contributed by atoms with Crippen LogP contribution in [0, 0.1) is 11.8 Å². The Morgan fingerprint density at radius 1 is 1.17 bits per heavy atom. The molecule has 2 fully saturated rings. The summed E-state index contributed by atoms with van der Waals surface area (Å²) in [6.45, 7) is 2.06. The number of halogens is 1. The summed E-state index contributed by atoms with van der Waals surface area (Å²) in [6.07, 6.45) is 8.05. The van der Waals surface area contributed by atoms with Crippen molar-refractivity contribution in [2.75, 3.05) is 13.1 Å². The molecule has 3 atom stereocenters. The summed E-state index contributed by atoms with van der Waals surface area (Å²) >= 11 is 0. The van der Waals surface area contributed by atoms with E-state index in [-0.39, 0.29) is 23.5 Å². The third-order valence-corrected chi connectivity index (χ3v) is 7.31. The maximum Gasteiger partial charge on any atom is 0.262 e. The van der Waals surface area contributed by atoms with Crippen LogP contribution in [0.2, 0.25) is 0 Å². The molecular formula is C15H25ClN4O2S. The summed E-state index contributed by atoms with van der Waals surface area (Å²) in [4.78, 5) is 4.41. The van der Waals surface area contributed by atoms with Crippen LogP contribution in [0.3, 0.4) is 0 Å². The Hall–Kier alpha value is -0.630. The lowest BCUT2D eigenvalue weighted by Crippen LogP contribution is -2.38. The van der Waals surface area contributed by atoms with E-state index in [2.05, 4.69) is 4.98 Å². The minimum atomic E-state index is -3.47. The van der Waals surface area contributed by atoms with Gasteiger partial charge in [0, 0.05) is 38.3 Å². The summed E-state index contributed by atoms with van der Waals surface area (Å²) in [7, 11) is -3.47. The fraction of sp³-hybridized carbons (Fsp3) is 0.800. The molecule has 0 radical (unpaired) electrons. The molecule has 1 aromatic heterocycles. The van der Waals surface area contributed by atoms with Gasteiger partial charge in [0.25, 0.3) is 10.0 Å². The average Bonchev–Trinajstić information content (AvgIpc) is 3.12. The molecule has 4 rings (SSSR count). The molecule has 3 aliphatic rings. The molecule has 0 spiro atoms. The van der Waals surface area contributed by atoms with Gasteiger partial charge in [0.1, 0.15) is 5.82 Å². The largest absolute Gasteiger partial charge is 0.333 e. The molecule has 1 saturated heterocycles. The molecule has 6 nitrogen and oxygen atoms in total. The van der Waals surface area contributed by atoms with Gasteiger partial charge >= 0.3 is 0 Å². The van der Waals surface area contributed by atoms with Crippen LogP contribution in [0.5, 0.6) is 0 Å². The lowest BCUT2D eigenvalue weighted by Gasteiger charge is -2.29. The normalized spacial score (nSPS) is 31.3. The van der Waals surface area contributed by atoms with E-state index in [0.29, 0.717) is 24.9 Å². The summed E-state index contributed by atoms with van der Waals surface area (Å²) in [5.74, 6) is 1.66. The first kappa shape index (κ1) is 17.2. The first-order valence-corrected chi connectivity index (χ1v) is 9.81. The van der Waals surface area contributed by atoms with Crippen LogP contribution in [0.4, 0.5) is 0 Å². The summed E-state index contributed by atoms with van der Waals surface area (Å²) < 4.78 is 29.5. The van der Waals surface area contributed by atoms with E-state index in [4.69, 9.17) is 5.73 Å². The molecule has 1 aliphatic carbocycles. The molecule has 8 heteroatoms. The Labute approximate surface area is 143 Å². The molecule has 0 aromatic carbocycles. The Morgan fingerprint density at radius 3 is 2.74 bits per heavy atom. The fourth-order valence-corrected chi connectivity index (χ4v) is 5.82. The van der Waals surface area contributed by atoms with Crippen LogP contribution in [0.1, 0.15) is 37.9 Å². The molecule has 0 bridgehead atoms. The van der Waals surface area contributed by atoms with E-state index in [9.17, 15) is 8.42 Å². The third kappa shape index (κ3) is 2.92. The van der Waals surface area contributed by atoms with Crippen molar-refractivity contribution in [1.29, 1.82) is 0 Å². The number of fused-ring (bicyclic) bond motifs is 2. The number of hydrogen-bond acceptors (Lipinski definition) is 4. The van der Waals surface area contributed by atoms with E-state index in [0.717, 1.165) is 50.9 Å². The highest BCUT2D eigenvalue weighted by Gasteiger charge is 2.44. The zero-order chi connectivity index (χ0) is 15.3. The van der Waals surface area contributed by atoms with Gasteiger partial charge in [0.15, 0.2) is 5.03 Å². The monoisotopic (exact) mass is 360 g/mol. The van der Waals surface area contributed by atoms with Gasteiger partial charge in [-0.05, 0) is 37.5 Å². The highest BCUT2D eigenvalue weighted by atomic mass is 35.5. The predicted molar refractivity (Wildman–Crippen MR) is 90.0 cm³/mol.